The average molecular weight is 354 g/mol. The van der Waals surface area contributed by atoms with E-state index in [0.717, 1.165) is 15.6 Å². The summed E-state index contributed by atoms with van der Waals surface area (Å²) in [6.45, 7) is 4.36. The highest BCUT2D eigenvalue weighted by Gasteiger charge is 2.17. The molecule has 0 saturated heterocycles. The van der Waals surface area contributed by atoms with E-state index < -0.39 is 0 Å². The van der Waals surface area contributed by atoms with Crippen LogP contribution in [0.5, 0.6) is 0 Å². The maximum Gasteiger partial charge on any atom is 0.0724 e. The third kappa shape index (κ3) is 3.23. The van der Waals surface area contributed by atoms with Gasteiger partial charge in [-0.3, -0.25) is 5.84 Å². The molecule has 0 bridgehead atoms. The lowest BCUT2D eigenvalue weighted by molar-refractivity contribution is 0.636. The third-order valence-corrected chi connectivity index (χ3v) is 4.71. The zero-order valence-electron chi connectivity index (χ0n) is 11.5. The lowest BCUT2D eigenvalue weighted by Gasteiger charge is -2.19. The van der Waals surface area contributed by atoms with E-state index in [1.165, 1.54) is 5.56 Å². The van der Waals surface area contributed by atoms with E-state index in [9.17, 15) is 0 Å². The van der Waals surface area contributed by atoms with Gasteiger partial charge in [-0.2, -0.15) is 0 Å². The minimum atomic E-state index is -0.124. The van der Waals surface area contributed by atoms with E-state index in [4.69, 9.17) is 17.4 Å². The van der Waals surface area contributed by atoms with Gasteiger partial charge >= 0.3 is 0 Å². The average Bonchev–Trinajstić information content (AvgIpc) is 2.45. The fourth-order valence-corrected chi connectivity index (χ4v) is 2.80. The van der Waals surface area contributed by atoms with Gasteiger partial charge in [0.1, 0.15) is 0 Å². The zero-order valence-corrected chi connectivity index (χ0v) is 13.9. The van der Waals surface area contributed by atoms with Gasteiger partial charge in [-0.05, 0) is 44.6 Å². The second kappa shape index (κ2) is 6.72. The Balaban J connectivity index is 2.39. The summed E-state index contributed by atoms with van der Waals surface area (Å²) in [7, 11) is 0. The molecule has 4 heteroatoms. The molecule has 0 heterocycles. The van der Waals surface area contributed by atoms with Crippen molar-refractivity contribution >= 4 is 27.5 Å². The van der Waals surface area contributed by atoms with Crippen molar-refractivity contribution in [2.45, 2.75) is 25.8 Å². The van der Waals surface area contributed by atoms with Crippen LogP contribution in [0.15, 0.2) is 46.9 Å². The van der Waals surface area contributed by atoms with E-state index in [2.05, 4.69) is 59.5 Å². The predicted molar refractivity (Wildman–Crippen MR) is 88.8 cm³/mol. The smallest absolute Gasteiger partial charge is 0.0724 e. The van der Waals surface area contributed by atoms with Crippen molar-refractivity contribution in [1.82, 2.24) is 5.43 Å². The number of nitrogens with one attached hydrogen (secondary N) is 1. The maximum atomic E-state index is 6.36. The summed E-state index contributed by atoms with van der Waals surface area (Å²) in [5, 5.41) is 0.684. The SMILES string of the molecule is CC(C)c1ccc(C(NN)c2cccc(Br)c2Cl)cc1. The number of hydrogen-bond acceptors (Lipinski definition) is 2. The van der Waals surface area contributed by atoms with Gasteiger partial charge in [0.05, 0.1) is 11.1 Å². The first-order valence-electron chi connectivity index (χ1n) is 6.54. The summed E-state index contributed by atoms with van der Waals surface area (Å²) in [6, 6.07) is 14.2. The molecule has 0 saturated carbocycles. The molecular formula is C16H18BrClN2. The molecule has 2 rings (SSSR count). The van der Waals surface area contributed by atoms with Gasteiger partial charge in [0.25, 0.3) is 0 Å². The van der Waals surface area contributed by atoms with E-state index in [1.807, 2.05) is 18.2 Å². The first-order chi connectivity index (χ1) is 9.54. The minimum absolute atomic E-state index is 0.124. The number of benzene rings is 2. The number of halogens is 2. The molecule has 0 amide bonds. The maximum absolute atomic E-state index is 6.36. The van der Waals surface area contributed by atoms with Gasteiger partial charge in [-0.15, -0.1) is 0 Å². The normalized spacial score (nSPS) is 12.7. The molecule has 2 aromatic rings. The van der Waals surface area contributed by atoms with Crippen LogP contribution in [0.25, 0.3) is 0 Å². The van der Waals surface area contributed by atoms with Crippen LogP contribution in [0.4, 0.5) is 0 Å². The Kier molecular flexibility index (Phi) is 5.22. The molecule has 1 atom stereocenters. The van der Waals surface area contributed by atoms with Gasteiger partial charge in [0, 0.05) is 4.47 Å². The van der Waals surface area contributed by atoms with Gasteiger partial charge < -0.3 is 0 Å². The highest BCUT2D eigenvalue weighted by atomic mass is 79.9. The third-order valence-electron chi connectivity index (χ3n) is 3.40. The molecule has 2 nitrogen and oxygen atoms in total. The van der Waals surface area contributed by atoms with Crippen LogP contribution in [0, 0.1) is 0 Å². The minimum Gasteiger partial charge on any atom is -0.271 e. The summed E-state index contributed by atoms with van der Waals surface area (Å²) in [6.07, 6.45) is 0. The Labute approximate surface area is 133 Å². The molecular weight excluding hydrogens is 336 g/mol. The Morgan fingerprint density at radius 3 is 2.20 bits per heavy atom. The lowest BCUT2D eigenvalue weighted by Crippen LogP contribution is -2.29. The molecule has 0 aliphatic carbocycles. The van der Waals surface area contributed by atoms with Crippen molar-refractivity contribution < 1.29 is 0 Å². The topological polar surface area (TPSA) is 38.0 Å². The highest BCUT2D eigenvalue weighted by Crippen LogP contribution is 2.33. The molecule has 0 fully saturated rings. The summed E-state index contributed by atoms with van der Waals surface area (Å²) < 4.78 is 0.871. The molecule has 0 aromatic heterocycles. The van der Waals surface area contributed by atoms with Gasteiger partial charge in [-0.1, -0.05) is 61.8 Å². The van der Waals surface area contributed by atoms with Crippen LogP contribution >= 0.6 is 27.5 Å². The fraction of sp³-hybridized carbons (Fsp3) is 0.250. The number of hydrazine groups is 1. The molecule has 20 heavy (non-hydrogen) atoms. The Morgan fingerprint density at radius 2 is 1.65 bits per heavy atom. The van der Waals surface area contributed by atoms with Crippen molar-refractivity contribution in [2.75, 3.05) is 0 Å². The van der Waals surface area contributed by atoms with Crippen LogP contribution in [0.2, 0.25) is 5.02 Å². The first-order valence-corrected chi connectivity index (χ1v) is 7.71. The van der Waals surface area contributed by atoms with Gasteiger partial charge in [-0.25, -0.2) is 5.43 Å². The predicted octanol–water partition coefficient (Wildman–Crippen LogP) is 4.78. The summed E-state index contributed by atoms with van der Waals surface area (Å²) in [4.78, 5) is 0. The quantitative estimate of drug-likeness (QED) is 0.613. The largest absolute Gasteiger partial charge is 0.271 e. The van der Waals surface area contributed by atoms with E-state index >= 15 is 0 Å². The van der Waals surface area contributed by atoms with E-state index in [0.29, 0.717) is 10.9 Å². The second-order valence-electron chi connectivity index (χ2n) is 5.06. The van der Waals surface area contributed by atoms with Gasteiger partial charge in [0.15, 0.2) is 0 Å². The van der Waals surface area contributed by atoms with Crippen LogP contribution in [-0.4, -0.2) is 0 Å². The lowest BCUT2D eigenvalue weighted by atomic mass is 9.95. The molecule has 0 radical (unpaired) electrons. The van der Waals surface area contributed by atoms with E-state index in [-0.39, 0.29) is 6.04 Å². The summed E-state index contributed by atoms with van der Waals surface area (Å²) >= 11 is 9.80. The van der Waals surface area contributed by atoms with Gasteiger partial charge in [0.2, 0.25) is 0 Å². The van der Waals surface area contributed by atoms with Crippen molar-refractivity contribution in [3.63, 3.8) is 0 Å². The van der Waals surface area contributed by atoms with Crippen molar-refractivity contribution in [2.24, 2.45) is 5.84 Å². The van der Waals surface area contributed by atoms with Crippen LogP contribution < -0.4 is 11.3 Å². The Hall–Kier alpha value is -0.870. The monoisotopic (exact) mass is 352 g/mol. The van der Waals surface area contributed by atoms with Crippen LogP contribution in [-0.2, 0) is 0 Å². The highest BCUT2D eigenvalue weighted by molar-refractivity contribution is 9.10. The number of hydrogen-bond donors (Lipinski definition) is 2. The first kappa shape index (κ1) is 15.5. The summed E-state index contributed by atoms with van der Waals surface area (Å²) in [5.74, 6) is 6.25. The molecule has 3 N–H and O–H groups in total. The second-order valence-corrected chi connectivity index (χ2v) is 6.30. The fourth-order valence-electron chi connectivity index (χ4n) is 2.18. The molecule has 2 aromatic carbocycles. The van der Waals surface area contributed by atoms with Crippen LogP contribution in [0.3, 0.4) is 0 Å². The zero-order chi connectivity index (χ0) is 14.7. The molecule has 1 unspecified atom stereocenters. The number of rotatable bonds is 4. The van der Waals surface area contributed by atoms with Crippen molar-refractivity contribution in [3.05, 3.63) is 68.7 Å². The molecule has 106 valence electrons. The van der Waals surface area contributed by atoms with Crippen molar-refractivity contribution in [1.29, 1.82) is 0 Å². The molecule has 0 aliphatic rings. The number of nitrogens with two attached hydrogens (primary N) is 1. The summed E-state index contributed by atoms with van der Waals surface area (Å²) in [5.41, 5.74) is 6.21. The standard InChI is InChI=1S/C16H18BrClN2/c1-10(2)11-6-8-12(9-7-11)16(20-19)13-4-3-5-14(17)15(13)18/h3-10,16,20H,19H2,1-2H3. The van der Waals surface area contributed by atoms with Crippen LogP contribution in [0.1, 0.15) is 42.5 Å². The van der Waals surface area contributed by atoms with Crippen molar-refractivity contribution in [3.8, 4) is 0 Å². The Bertz CT molecular complexity index is 582. The Morgan fingerprint density at radius 1 is 1.05 bits per heavy atom. The molecule has 0 spiro atoms. The molecule has 0 aliphatic heterocycles. The van der Waals surface area contributed by atoms with E-state index in [1.54, 1.807) is 0 Å².